The molecule has 0 aromatic heterocycles. The fourth-order valence-electron chi connectivity index (χ4n) is 2.31. The third kappa shape index (κ3) is 2.40. The van der Waals surface area contributed by atoms with Crippen molar-refractivity contribution in [3.8, 4) is 0 Å². The van der Waals surface area contributed by atoms with E-state index in [9.17, 15) is 4.79 Å². The van der Waals surface area contributed by atoms with Gasteiger partial charge in [-0.2, -0.15) is 0 Å². The van der Waals surface area contributed by atoms with Crippen LogP contribution in [0.4, 0.5) is 0 Å². The zero-order valence-corrected chi connectivity index (χ0v) is 9.11. The molecule has 0 saturated heterocycles. The predicted octanol–water partition coefficient (Wildman–Crippen LogP) is 1.47. The first-order valence-corrected chi connectivity index (χ1v) is 5.92. The number of hydrogen-bond acceptors (Lipinski definition) is 3. The summed E-state index contributed by atoms with van der Waals surface area (Å²) in [5, 5.41) is 8.87. The predicted molar refractivity (Wildman–Crippen MR) is 58.4 cm³/mol. The number of nitrogens with zero attached hydrogens (tertiary/aromatic N) is 1. The van der Waals surface area contributed by atoms with E-state index < -0.39 is 0 Å². The van der Waals surface area contributed by atoms with Crippen LogP contribution >= 0.6 is 0 Å². The summed E-state index contributed by atoms with van der Waals surface area (Å²) in [6.07, 6.45) is 7.99. The molecule has 0 aromatic carbocycles. The lowest BCUT2D eigenvalue weighted by molar-refractivity contribution is -0.114. The Hall–Kier alpha value is -0.830. The molecule has 0 bridgehead atoms. The molecule has 0 atom stereocenters. The van der Waals surface area contributed by atoms with E-state index in [1.165, 1.54) is 25.0 Å². The van der Waals surface area contributed by atoms with Gasteiger partial charge in [-0.3, -0.25) is 4.79 Å². The molecule has 0 aliphatic heterocycles. The average molecular weight is 209 g/mol. The minimum Gasteiger partial charge on any atom is -0.396 e. The standard InChI is InChI=1S/C12H19NO2/c14-8-2-7-13(10-3-1-4-10)11-5-6-12(15)9-11/h9-10,14H,1-8H2. The lowest BCUT2D eigenvalue weighted by Gasteiger charge is -2.40. The van der Waals surface area contributed by atoms with Crippen LogP contribution in [0.15, 0.2) is 11.8 Å². The van der Waals surface area contributed by atoms with Gasteiger partial charge in [0.15, 0.2) is 5.78 Å². The van der Waals surface area contributed by atoms with Crippen LogP contribution in [0, 0.1) is 0 Å². The summed E-state index contributed by atoms with van der Waals surface area (Å²) in [5.41, 5.74) is 1.21. The molecule has 84 valence electrons. The Balaban J connectivity index is 1.97. The molecule has 2 aliphatic carbocycles. The molecule has 0 aromatic rings. The zero-order valence-electron chi connectivity index (χ0n) is 9.11. The Morgan fingerprint density at radius 1 is 1.40 bits per heavy atom. The smallest absolute Gasteiger partial charge is 0.157 e. The second-order valence-corrected chi connectivity index (χ2v) is 4.46. The highest BCUT2D eigenvalue weighted by atomic mass is 16.3. The molecule has 0 radical (unpaired) electrons. The fraction of sp³-hybridized carbons (Fsp3) is 0.750. The first kappa shape index (κ1) is 10.7. The van der Waals surface area contributed by atoms with Gasteiger partial charge < -0.3 is 10.0 Å². The van der Waals surface area contributed by atoms with Gasteiger partial charge in [0.05, 0.1) is 0 Å². The molecule has 0 unspecified atom stereocenters. The Labute approximate surface area is 90.8 Å². The van der Waals surface area contributed by atoms with Gasteiger partial charge in [0.25, 0.3) is 0 Å². The fourth-order valence-corrected chi connectivity index (χ4v) is 2.31. The van der Waals surface area contributed by atoms with Gasteiger partial charge >= 0.3 is 0 Å². The molecule has 15 heavy (non-hydrogen) atoms. The minimum atomic E-state index is 0.241. The number of ketones is 1. The van der Waals surface area contributed by atoms with E-state index in [2.05, 4.69) is 4.90 Å². The summed E-state index contributed by atoms with van der Waals surface area (Å²) in [6.45, 7) is 1.14. The van der Waals surface area contributed by atoms with Crippen molar-refractivity contribution >= 4 is 5.78 Å². The molecule has 3 nitrogen and oxygen atoms in total. The summed E-state index contributed by atoms with van der Waals surface area (Å²) >= 11 is 0. The summed E-state index contributed by atoms with van der Waals surface area (Å²) in [7, 11) is 0. The highest BCUT2D eigenvalue weighted by molar-refractivity contribution is 5.92. The van der Waals surface area contributed by atoms with Crippen molar-refractivity contribution < 1.29 is 9.90 Å². The summed E-state index contributed by atoms with van der Waals surface area (Å²) < 4.78 is 0. The topological polar surface area (TPSA) is 40.5 Å². The van der Waals surface area contributed by atoms with Crippen molar-refractivity contribution in [2.75, 3.05) is 13.2 Å². The number of aliphatic hydroxyl groups excluding tert-OH is 1. The maximum Gasteiger partial charge on any atom is 0.157 e. The van der Waals surface area contributed by atoms with E-state index in [0.29, 0.717) is 12.5 Å². The van der Waals surface area contributed by atoms with Crippen LogP contribution in [0.25, 0.3) is 0 Å². The van der Waals surface area contributed by atoms with Crippen LogP contribution in [-0.2, 0) is 4.79 Å². The van der Waals surface area contributed by atoms with Gasteiger partial charge in [-0.15, -0.1) is 0 Å². The van der Waals surface area contributed by atoms with Crippen molar-refractivity contribution in [3.63, 3.8) is 0 Å². The van der Waals surface area contributed by atoms with Crippen molar-refractivity contribution in [2.45, 2.75) is 44.6 Å². The molecule has 0 amide bonds. The van der Waals surface area contributed by atoms with E-state index >= 15 is 0 Å². The van der Waals surface area contributed by atoms with E-state index in [1.807, 2.05) is 0 Å². The summed E-state index contributed by atoms with van der Waals surface area (Å²) in [5.74, 6) is 0.262. The molecular weight excluding hydrogens is 190 g/mol. The van der Waals surface area contributed by atoms with E-state index in [4.69, 9.17) is 5.11 Å². The Kier molecular flexibility index (Phi) is 3.41. The van der Waals surface area contributed by atoms with Crippen LogP contribution in [0.1, 0.15) is 38.5 Å². The van der Waals surface area contributed by atoms with E-state index in [0.717, 1.165) is 19.4 Å². The molecule has 2 aliphatic rings. The van der Waals surface area contributed by atoms with Crippen molar-refractivity contribution in [2.24, 2.45) is 0 Å². The molecule has 2 rings (SSSR count). The van der Waals surface area contributed by atoms with Crippen molar-refractivity contribution in [3.05, 3.63) is 11.8 Å². The van der Waals surface area contributed by atoms with Crippen LogP contribution in [0.2, 0.25) is 0 Å². The number of aliphatic hydroxyl groups is 1. The lowest BCUT2D eigenvalue weighted by atomic mass is 9.91. The highest BCUT2D eigenvalue weighted by Crippen LogP contribution is 2.31. The largest absolute Gasteiger partial charge is 0.396 e. The third-order valence-corrected chi connectivity index (χ3v) is 3.40. The number of allylic oxidation sites excluding steroid dienone is 2. The Morgan fingerprint density at radius 2 is 2.20 bits per heavy atom. The van der Waals surface area contributed by atoms with Gasteiger partial charge in [-0.1, -0.05) is 0 Å². The lowest BCUT2D eigenvalue weighted by Crippen LogP contribution is -2.40. The number of carbonyl (C=O) groups is 1. The first-order chi connectivity index (χ1) is 7.31. The average Bonchev–Trinajstić information content (AvgIpc) is 2.56. The second kappa shape index (κ2) is 4.79. The zero-order chi connectivity index (χ0) is 10.7. The Morgan fingerprint density at radius 3 is 2.67 bits per heavy atom. The minimum absolute atomic E-state index is 0.241. The molecule has 1 fully saturated rings. The molecule has 0 heterocycles. The molecule has 1 N–H and O–H groups in total. The monoisotopic (exact) mass is 209 g/mol. The third-order valence-electron chi connectivity index (χ3n) is 3.40. The van der Waals surface area contributed by atoms with Crippen molar-refractivity contribution in [1.82, 2.24) is 4.90 Å². The SMILES string of the molecule is O=C1C=C(N(CCCO)C2CCC2)CC1. The maximum absolute atomic E-state index is 11.2. The molecule has 0 spiro atoms. The van der Waals surface area contributed by atoms with Crippen LogP contribution in [0.3, 0.4) is 0 Å². The van der Waals surface area contributed by atoms with Gasteiger partial charge in [0, 0.05) is 37.4 Å². The van der Waals surface area contributed by atoms with Gasteiger partial charge in [0.1, 0.15) is 0 Å². The van der Waals surface area contributed by atoms with Gasteiger partial charge in [-0.25, -0.2) is 0 Å². The Bertz CT molecular complexity index is 269. The highest BCUT2D eigenvalue weighted by Gasteiger charge is 2.28. The van der Waals surface area contributed by atoms with Crippen LogP contribution in [-0.4, -0.2) is 35.0 Å². The van der Waals surface area contributed by atoms with Crippen molar-refractivity contribution in [1.29, 1.82) is 0 Å². The number of carbonyl (C=O) groups excluding carboxylic acids is 1. The van der Waals surface area contributed by atoms with Crippen LogP contribution in [0.5, 0.6) is 0 Å². The molecule has 1 saturated carbocycles. The van der Waals surface area contributed by atoms with E-state index in [1.54, 1.807) is 6.08 Å². The molecular formula is C12H19NO2. The van der Waals surface area contributed by atoms with Gasteiger partial charge in [-0.05, 0) is 32.1 Å². The van der Waals surface area contributed by atoms with Gasteiger partial charge in [0.2, 0.25) is 0 Å². The number of rotatable bonds is 5. The quantitative estimate of drug-likeness (QED) is 0.745. The second-order valence-electron chi connectivity index (χ2n) is 4.46. The molecule has 3 heteroatoms. The summed E-state index contributed by atoms with van der Waals surface area (Å²) in [4.78, 5) is 13.6. The normalized spacial score (nSPS) is 21.4. The van der Waals surface area contributed by atoms with E-state index in [-0.39, 0.29) is 12.4 Å². The first-order valence-electron chi connectivity index (χ1n) is 5.92. The maximum atomic E-state index is 11.2. The van der Waals surface area contributed by atoms with Crippen LogP contribution < -0.4 is 0 Å². The number of hydrogen-bond donors (Lipinski definition) is 1. The summed E-state index contributed by atoms with van der Waals surface area (Å²) in [6, 6.07) is 0.633.